The molecular weight excluding hydrogens is 516 g/mol. The van der Waals surface area contributed by atoms with Crippen LogP contribution in [0.3, 0.4) is 0 Å². The van der Waals surface area contributed by atoms with Gasteiger partial charge in [0.05, 0.1) is 25.7 Å². The van der Waals surface area contributed by atoms with Crippen molar-refractivity contribution in [1.82, 2.24) is 19.6 Å². The van der Waals surface area contributed by atoms with Gasteiger partial charge in [0.15, 0.2) is 0 Å². The first-order chi connectivity index (χ1) is 18.2. The van der Waals surface area contributed by atoms with Gasteiger partial charge in [0, 0.05) is 58.9 Å². The Morgan fingerprint density at radius 1 is 0.550 bits per heavy atom. The number of rotatable bonds is 8. The minimum absolute atomic E-state index is 0.103. The van der Waals surface area contributed by atoms with E-state index in [9.17, 15) is 19.5 Å². The summed E-state index contributed by atoms with van der Waals surface area (Å²) < 4.78 is 16.7. The molecule has 0 radical (unpaired) electrons. The highest BCUT2D eigenvalue weighted by atomic mass is 16.6. The molecule has 1 saturated heterocycles. The van der Waals surface area contributed by atoms with E-state index >= 15 is 0 Å². The molecule has 0 saturated carbocycles. The highest BCUT2D eigenvalue weighted by Crippen LogP contribution is 2.11. The van der Waals surface area contributed by atoms with E-state index in [1.165, 1.54) is 0 Å². The van der Waals surface area contributed by atoms with E-state index in [4.69, 9.17) is 14.2 Å². The minimum Gasteiger partial charge on any atom is -0.459 e. The molecule has 11 nitrogen and oxygen atoms in total. The molecule has 234 valence electrons. The number of nitrogens with zero attached hydrogens (tertiary/aromatic N) is 4. The van der Waals surface area contributed by atoms with Crippen molar-refractivity contribution in [1.29, 1.82) is 0 Å². The van der Waals surface area contributed by atoms with Crippen LogP contribution in [0.2, 0.25) is 0 Å². The number of aliphatic hydroxyl groups is 1. The van der Waals surface area contributed by atoms with Gasteiger partial charge in [-0.25, -0.2) is 0 Å². The van der Waals surface area contributed by atoms with E-state index in [0.29, 0.717) is 58.9 Å². The summed E-state index contributed by atoms with van der Waals surface area (Å²) in [6, 6.07) is 0. The van der Waals surface area contributed by atoms with Gasteiger partial charge in [-0.05, 0) is 69.2 Å². The second-order valence-corrected chi connectivity index (χ2v) is 13.7. The number of β-amino-alcohol motifs (C(OH)–C–C–N with tert-alkyl or cyclic N) is 1. The van der Waals surface area contributed by atoms with E-state index in [-0.39, 0.29) is 37.5 Å². The third-order valence-corrected chi connectivity index (χ3v) is 5.77. The van der Waals surface area contributed by atoms with Crippen LogP contribution < -0.4 is 0 Å². The normalized spacial score (nSPS) is 19.3. The van der Waals surface area contributed by atoms with Crippen molar-refractivity contribution in [3.63, 3.8) is 0 Å². The highest BCUT2D eigenvalue weighted by Gasteiger charge is 2.25. The molecule has 0 aromatic carbocycles. The zero-order valence-corrected chi connectivity index (χ0v) is 26.7. The first-order valence-electron chi connectivity index (χ1n) is 14.4. The van der Waals surface area contributed by atoms with E-state index < -0.39 is 22.9 Å². The zero-order chi connectivity index (χ0) is 30.7. The standard InChI is InChI=1S/C29H56N4O7/c1-23(34)19-30-11-13-31(20-24(35)38-27(2,3)4)15-17-33(22-26(37)40-29(8,9)10)18-16-32(14-12-30)21-25(36)39-28(5,6)7/h23,34H,11-22H2,1-10H3. The highest BCUT2D eigenvalue weighted by molar-refractivity contribution is 5.73. The molecule has 1 atom stereocenters. The van der Waals surface area contributed by atoms with E-state index in [0.717, 1.165) is 0 Å². The number of hydrogen-bond donors (Lipinski definition) is 1. The summed E-state index contributed by atoms with van der Waals surface area (Å²) in [6.07, 6.45) is -0.518. The molecule has 0 spiro atoms. The molecule has 0 aliphatic carbocycles. The maximum Gasteiger partial charge on any atom is 0.320 e. The average molecular weight is 573 g/mol. The van der Waals surface area contributed by atoms with Crippen molar-refractivity contribution in [2.24, 2.45) is 0 Å². The van der Waals surface area contributed by atoms with Gasteiger partial charge in [-0.3, -0.25) is 34.0 Å². The summed E-state index contributed by atoms with van der Waals surface area (Å²) >= 11 is 0. The van der Waals surface area contributed by atoms with Crippen LogP contribution in [0.1, 0.15) is 69.2 Å². The molecule has 1 aliphatic heterocycles. The van der Waals surface area contributed by atoms with Crippen molar-refractivity contribution in [2.45, 2.75) is 92.1 Å². The Morgan fingerprint density at radius 3 is 0.975 bits per heavy atom. The van der Waals surface area contributed by atoms with Gasteiger partial charge >= 0.3 is 17.9 Å². The summed E-state index contributed by atoms with van der Waals surface area (Å²) in [4.78, 5) is 46.3. The van der Waals surface area contributed by atoms with Crippen LogP contribution in [0, 0.1) is 0 Å². The summed E-state index contributed by atoms with van der Waals surface area (Å²) in [7, 11) is 0. The lowest BCUT2D eigenvalue weighted by atomic mass is 10.2. The Morgan fingerprint density at radius 2 is 0.775 bits per heavy atom. The smallest absolute Gasteiger partial charge is 0.320 e. The Kier molecular flexibility index (Phi) is 14.5. The van der Waals surface area contributed by atoms with Gasteiger partial charge in [-0.2, -0.15) is 0 Å². The van der Waals surface area contributed by atoms with Crippen molar-refractivity contribution in [3.05, 3.63) is 0 Å². The van der Waals surface area contributed by atoms with Crippen molar-refractivity contribution in [2.75, 3.05) is 78.5 Å². The Bertz CT molecular complexity index is 754. The molecule has 1 rings (SSSR count). The molecule has 0 aromatic heterocycles. The van der Waals surface area contributed by atoms with Gasteiger partial charge < -0.3 is 19.3 Å². The Balaban J connectivity index is 3.12. The van der Waals surface area contributed by atoms with Gasteiger partial charge in [0.2, 0.25) is 0 Å². The fourth-order valence-corrected chi connectivity index (χ4v) is 4.28. The van der Waals surface area contributed by atoms with Crippen molar-refractivity contribution < 1.29 is 33.7 Å². The number of carbonyl (C=O) groups excluding carboxylic acids is 3. The number of carbonyl (C=O) groups is 3. The van der Waals surface area contributed by atoms with Crippen LogP contribution in [0.15, 0.2) is 0 Å². The summed E-state index contributed by atoms with van der Waals surface area (Å²) in [5.74, 6) is -0.923. The third kappa shape index (κ3) is 18.5. The predicted octanol–water partition coefficient (Wildman–Crippen LogP) is 1.61. The molecule has 0 amide bonds. The molecular formula is C29H56N4O7. The first kappa shape index (κ1) is 36.2. The van der Waals surface area contributed by atoms with Crippen LogP contribution >= 0.6 is 0 Å². The number of esters is 3. The van der Waals surface area contributed by atoms with Gasteiger partial charge in [0.1, 0.15) is 16.8 Å². The summed E-state index contributed by atoms with van der Waals surface area (Å²) in [5, 5.41) is 10.1. The third-order valence-electron chi connectivity index (χ3n) is 5.77. The fraction of sp³-hybridized carbons (Fsp3) is 0.897. The van der Waals surface area contributed by atoms with E-state index in [1.54, 1.807) is 6.92 Å². The average Bonchev–Trinajstić information content (AvgIpc) is 2.71. The molecule has 40 heavy (non-hydrogen) atoms. The quantitative estimate of drug-likeness (QED) is 0.338. The molecule has 1 unspecified atom stereocenters. The number of ether oxygens (including phenoxy) is 3. The molecule has 11 heteroatoms. The second-order valence-electron chi connectivity index (χ2n) is 13.7. The molecule has 0 aromatic rings. The SMILES string of the molecule is CC(O)CN1CCN(CC(=O)OC(C)(C)C)CCN(CC(=O)OC(C)(C)C)CCN(CC(=O)OC(C)(C)C)CC1. The number of aliphatic hydroxyl groups excluding tert-OH is 1. The van der Waals surface area contributed by atoms with Gasteiger partial charge in [-0.1, -0.05) is 0 Å². The van der Waals surface area contributed by atoms with Crippen LogP contribution in [0.5, 0.6) is 0 Å². The van der Waals surface area contributed by atoms with Crippen LogP contribution in [-0.4, -0.2) is 144 Å². The lowest BCUT2D eigenvalue weighted by Gasteiger charge is -2.34. The van der Waals surface area contributed by atoms with Gasteiger partial charge in [-0.15, -0.1) is 0 Å². The second kappa shape index (κ2) is 16.0. The van der Waals surface area contributed by atoms with Crippen LogP contribution in [-0.2, 0) is 28.6 Å². The van der Waals surface area contributed by atoms with Gasteiger partial charge in [0.25, 0.3) is 0 Å². The molecule has 1 aliphatic rings. The maximum atomic E-state index is 12.7. The largest absolute Gasteiger partial charge is 0.459 e. The van der Waals surface area contributed by atoms with E-state index in [1.807, 2.05) is 77.0 Å². The maximum absolute atomic E-state index is 12.7. The minimum atomic E-state index is -0.595. The topological polar surface area (TPSA) is 112 Å². The number of hydrogen-bond acceptors (Lipinski definition) is 11. The lowest BCUT2D eigenvalue weighted by molar-refractivity contribution is -0.158. The molecule has 1 heterocycles. The monoisotopic (exact) mass is 572 g/mol. The summed E-state index contributed by atoms with van der Waals surface area (Å²) in [5.41, 5.74) is -1.76. The summed E-state index contributed by atoms with van der Waals surface area (Å²) in [6.45, 7) is 23.7. The fourth-order valence-electron chi connectivity index (χ4n) is 4.28. The van der Waals surface area contributed by atoms with Crippen LogP contribution in [0.4, 0.5) is 0 Å². The Hall–Kier alpha value is -1.79. The molecule has 1 fully saturated rings. The van der Waals surface area contributed by atoms with E-state index in [2.05, 4.69) is 4.90 Å². The van der Waals surface area contributed by atoms with Crippen molar-refractivity contribution >= 4 is 17.9 Å². The zero-order valence-electron chi connectivity index (χ0n) is 26.7. The molecule has 1 N–H and O–H groups in total. The molecule has 0 bridgehead atoms. The predicted molar refractivity (Wildman–Crippen MR) is 155 cm³/mol. The first-order valence-corrected chi connectivity index (χ1v) is 14.4. The lowest BCUT2D eigenvalue weighted by Crippen LogP contribution is -2.50. The van der Waals surface area contributed by atoms with Crippen molar-refractivity contribution in [3.8, 4) is 0 Å². The Labute approximate surface area is 242 Å². The van der Waals surface area contributed by atoms with Crippen LogP contribution in [0.25, 0.3) is 0 Å².